The van der Waals surface area contributed by atoms with E-state index in [1.54, 1.807) is 13.2 Å². The number of methoxy groups -OCH3 is 1. The van der Waals surface area contributed by atoms with E-state index >= 15 is 0 Å². The molecule has 3 aromatic rings. The summed E-state index contributed by atoms with van der Waals surface area (Å²) in [7, 11) is 1.66. The highest BCUT2D eigenvalue weighted by Gasteiger charge is 2.28. The van der Waals surface area contributed by atoms with Crippen LogP contribution in [0, 0.1) is 0 Å². The van der Waals surface area contributed by atoms with Crippen LogP contribution in [-0.2, 0) is 25.1 Å². The van der Waals surface area contributed by atoms with Gasteiger partial charge in [0.05, 0.1) is 13.2 Å². The molecule has 4 rings (SSSR count). The summed E-state index contributed by atoms with van der Waals surface area (Å²) in [6, 6.07) is 12.9. The molecule has 0 radical (unpaired) electrons. The third kappa shape index (κ3) is 9.80. The Morgan fingerprint density at radius 3 is 2.36 bits per heavy atom. The van der Waals surface area contributed by atoms with Crippen LogP contribution in [0.4, 0.5) is 0 Å². The van der Waals surface area contributed by atoms with Gasteiger partial charge in [0.1, 0.15) is 5.75 Å². The van der Waals surface area contributed by atoms with Gasteiger partial charge >= 0.3 is 0 Å². The molecule has 0 atom stereocenters. The van der Waals surface area contributed by atoms with Gasteiger partial charge in [-0.3, -0.25) is 4.79 Å². The molecule has 0 bridgehead atoms. The van der Waals surface area contributed by atoms with Crippen LogP contribution in [0.2, 0.25) is 0 Å². The maximum atomic E-state index is 12.5. The molecule has 244 valence electrons. The summed E-state index contributed by atoms with van der Waals surface area (Å²) in [6.07, 6.45) is 11.9. The van der Waals surface area contributed by atoms with Crippen molar-refractivity contribution >= 4 is 22.9 Å². The maximum Gasteiger partial charge on any atom is 0.244 e. The van der Waals surface area contributed by atoms with Crippen LogP contribution in [0.1, 0.15) is 82.6 Å². The fourth-order valence-electron chi connectivity index (χ4n) is 5.92. The molecule has 1 amide bonds. The number of carbonyl (C=O) groups excluding carboxylic acids is 1. The van der Waals surface area contributed by atoms with Gasteiger partial charge < -0.3 is 29.4 Å². The van der Waals surface area contributed by atoms with Gasteiger partial charge in [0.2, 0.25) is 5.91 Å². The number of rotatable bonds is 13. The number of aromatic amines is 1. The molecule has 1 aromatic heterocycles. The number of allylic oxidation sites excluding steroid dienone is 2. The number of hydrogen-bond acceptors (Lipinski definition) is 5. The van der Waals surface area contributed by atoms with Crippen LogP contribution in [0.3, 0.4) is 0 Å². The summed E-state index contributed by atoms with van der Waals surface area (Å²) in [5.41, 5.74) is 5.70. The quantitative estimate of drug-likeness (QED) is 0.0912. The normalized spacial score (nSPS) is 15.4. The van der Waals surface area contributed by atoms with E-state index in [0.29, 0.717) is 25.7 Å². The second-order valence-electron chi connectivity index (χ2n) is 14.0. The fourth-order valence-corrected chi connectivity index (χ4v) is 5.92. The molecule has 7 nitrogen and oxygen atoms in total. The van der Waals surface area contributed by atoms with E-state index in [0.717, 1.165) is 54.9 Å². The molecular weight excluding hydrogens is 562 g/mol. The summed E-state index contributed by atoms with van der Waals surface area (Å²) in [5.74, 6) is 1.39. The topological polar surface area (TPSA) is 75.8 Å². The minimum Gasteiger partial charge on any atom is -0.467 e. The van der Waals surface area contributed by atoms with Gasteiger partial charge in [-0.05, 0) is 72.0 Å². The first kappa shape index (κ1) is 34.5. The SMILES string of the molecule is COCCOCOc1c(C(C)(C)C)cc(C=CC=CC(=O)NCCN2CCC(c3c[nH]c4ccccc34)CC2)cc1C(C)(C)C. The summed E-state index contributed by atoms with van der Waals surface area (Å²) >= 11 is 0. The average Bonchev–Trinajstić information content (AvgIpc) is 3.43. The van der Waals surface area contributed by atoms with Crippen LogP contribution >= 0.6 is 0 Å². The lowest BCUT2D eigenvalue weighted by molar-refractivity contribution is -0.116. The van der Waals surface area contributed by atoms with Gasteiger partial charge in [0.25, 0.3) is 0 Å². The van der Waals surface area contributed by atoms with Gasteiger partial charge in [-0.2, -0.15) is 0 Å². The van der Waals surface area contributed by atoms with Crippen molar-refractivity contribution in [3.63, 3.8) is 0 Å². The van der Waals surface area contributed by atoms with Gasteiger partial charge in [-0.15, -0.1) is 0 Å². The zero-order valence-corrected chi connectivity index (χ0v) is 28.4. The largest absolute Gasteiger partial charge is 0.467 e. The Balaban J connectivity index is 1.28. The zero-order chi connectivity index (χ0) is 32.5. The van der Waals surface area contributed by atoms with E-state index in [9.17, 15) is 4.79 Å². The minimum absolute atomic E-state index is 0.0729. The third-order valence-electron chi connectivity index (χ3n) is 8.47. The Labute approximate surface area is 270 Å². The number of H-pyrrole nitrogens is 1. The Hall–Kier alpha value is -3.39. The van der Waals surface area contributed by atoms with Gasteiger partial charge in [0.15, 0.2) is 6.79 Å². The van der Waals surface area contributed by atoms with Gasteiger partial charge in [-0.1, -0.05) is 78.0 Å². The molecule has 2 aromatic carbocycles. The summed E-state index contributed by atoms with van der Waals surface area (Å²) in [4.78, 5) is 18.4. The summed E-state index contributed by atoms with van der Waals surface area (Å²) in [5, 5.41) is 4.39. The van der Waals surface area contributed by atoms with Crippen molar-refractivity contribution in [1.29, 1.82) is 0 Å². The number of fused-ring (bicyclic) bond motifs is 1. The molecule has 1 saturated heterocycles. The first-order valence-electron chi connectivity index (χ1n) is 16.3. The Morgan fingerprint density at radius 1 is 1.00 bits per heavy atom. The van der Waals surface area contributed by atoms with Crippen molar-refractivity contribution in [3.8, 4) is 5.75 Å². The highest BCUT2D eigenvalue weighted by Crippen LogP contribution is 2.41. The monoisotopic (exact) mass is 615 g/mol. The highest BCUT2D eigenvalue weighted by atomic mass is 16.7. The van der Waals surface area contributed by atoms with Gasteiger partial charge in [0, 0.05) is 54.5 Å². The molecule has 2 heterocycles. The predicted octanol–water partition coefficient (Wildman–Crippen LogP) is 7.33. The van der Waals surface area contributed by atoms with E-state index in [1.807, 2.05) is 18.2 Å². The van der Waals surface area contributed by atoms with Crippen molar-refractivity contribution in [1.82, 2.24) is 15.2 Å². The number of benzene rings is 2. The van der Waals surface area contributed by atoms with Crippen molar-refractivity contribution in [3.05, 3.63) is 83.1 Å². The Morgan fingerprint density at radius 2 is 1.69 bits per heavy atom. The molecule has 1 fully saturated rings. The fraction of sp³-hybridized carbons (Fsp3) is 0.500. The minimum atomic E-state index is -0.132. The first-order chi connectivity index (χ1) is 21.5. The Bertz CT molecular complexity index is 1410. The number of ether oxygens (including phenoxy) is 3. The van der Waals surface area contributed by atoms with E-state index in [-0.39, 0.29) is 23.5 Å². The van der Waals surface area contributed by atoms with E-state index in [2.05, 4.69) is 99.3 Å². The van der Waals surface area contributed by atoms with Crippen molar-refractivity contribution in [2.24, 2.45) is 0 Å². The molecule has 2 N–H and O–H groups in total. The maximum absolute atomic E-state index is 12.5. The predicted molar refractivity (Wildman–Crippen MR) is 185 cm³/mol. The number of hydrogen-bond donors (Lipinski definition) is 2. The second-order valence-corrected chi connectivity index (χ2v) is 14.0. The van der Waals surface area contributed by atoms with Crippen molar-refractivity contribution in [2.45, 2.75) is 71.1 Å². The van der Waals surface area contributed by atoms with Gasteiger partial charge in [-0.25, -0.2) is 0 Å². The number of nitrogens with one attached hydrogen (secondary N) is 2. The smallest absolute Gasteiger partial charge is 0.244 e. The summed E-state index contributed by atoms with van der Waals surface area (Å²) < 4.78 is 16.9. The molecule has 1 aliphatic heterocycles. The lowest BCUT2D eigenvalue weighted by atomic mass is 9.78. The van der Waals surface area contributed by atoms with E-state index in [1.165, 1.54) is 16.5 Å². The van der Waals surface area contributed by atoms with E-state index in [4.69, 9.17) is 14.2 Å². The molecule has 7 heteroatoms. The van der Waals surface area contributed by atoms with Crippen LogP contribution < -0.4 is 10.1 Å². The number of nitrogens with zero attached hydrogens (tertiary/aromatic N) is 1. The highest BCUT2D eigenvalue weighted by molar-refractivity contribution is 5.88. The molecular formula is C38H53N3O4. The molecule has 45 heavy (non-hydrogen) atoms. The molecule has 1 aliphatic rings. The number of carbonyl (C=O) groups is 1. The molecule has 0 aliphatic carbocycles. The standard InChI is InChI=1S/C38H53N3O4/c1-37(2,3)32-24-28(25-33(38(4,5)6)36(32)45-27-44-23-22-43-7)12-8-11-15-35(42)39-18-21-41-19-16-29(17-20-41)31-26-40-34-14-10-9-13-30(31)34/h8-15,24-26,29,40H,16-23,27H2,1-7H3,(H,39,42). The van der Waals surface area contributed by atoms with Crippen LogP contribution in [0.15, 0.2) is 60.8 Å². The lowest BCUT2D eigenvalue weighted by Crippen LogP contribution is -2.38. The zero-order valence-electron chi connectivity index (χ0n) is 28.4. The van der Waals surface area contributed by atoms with Crippen molar-refractivity contribution < 1.29 is 19.0 Å². The molecule has 0 spiro atoms. The van der Waals surface area contributed by atoms with Crippen LogP contribution in [-0.4, -0.2) is 69.1 Å². The number of aromatic nitrogens is 1. The van der Waals surface area contributed by atoms with Crippen LogP contribution in [0.25, 0.3) is 17.0 Å². The molecule has 0 saturated carbocycles. The third-order valence-corrected chi connectivity index (χ3v) is 8.47. The van der Waals surface area contributed by atoms with Crippen molar-refractivity contribution in [2.75, 3.05) is 53.3 Å². The number of piperidine rings is 1. The lowest BCUT2D eigenvalue weighted by Gasteiger charge is -2.31. The number of para-hydroxylation sites is 1. The number of amides is 1. The molecule has 0 unspecified atom stereocenters. The first-order valence-corrected chi connectivity index (χ1v) is 16.3. The van der Waals surface area contributed by atoms with E-state index < -0.39 is 0 Å². The average molecular weight is 616 g/mol. The van der Waals surface area contributed by atoms with Crippen LogP contribution in [0.5, 0.6) is 5.75 Å². The summed E-state index contributed by atoms with van der Waals surface area (Å²) in [6.45, 7) is 18.0. The number of likely N-dealkylation sites (tertiary alicyclic amines) is 1. The second kappa shape index (κ2) is 15.7. The Kier molecular flexibility index (Phi) is 12.1.